The van der Waals surface area contributed by atoms with Crippen molar-refractivity contribution >= 4 is 69.4 Å². The molecule has 0 spiro atoms. The quantitative estimate of drug-likeness (QED) is 0.201. The van der Waals surface area contributed by atoms with E-state index in [9.17, 15) is 14.4 Å². The zero-order chi connectivity index (χ0) is 31.1. The van der Waals surface area contributed by atoms with E-state index in [0.717, 1.165) is 36.3 Å². The minimum absolute atomic E-state index is 0.0162. The highest BCUT2D eigenvalue weighted by atomic mass is 35.5. The molecule has 2 aliphatic rings. The van der Waals surface area contributed by atoms with E-state index in [0.29, 0.717) is 45.5 Å². The van der Waals surface area contributed by atoms with Gasteiger partial charge >= 0.3 is 5.97 Å². The van der Waals surface area contributed by atoms with Crippen molar-refractivity contribution in [1.82, 2.24) is 9.80 Å². The van der Waals surface area contributed by atoms with Crippen LogP contribution in [0.2, 0.25) is 5.02 Å². The Hall–Kier alpha value is -3.74. The topological polar surface area (TPSA) is 108 Å². The first kappa shape index (κ1) is 31.7. The van der Waals surface area contributed by atoms with E-state index in [4.69, 9.17) is 38.4 Å². The molecule has 0 aliphatic carbocycles. The number of thiocarbonyl (C=S) groups is 1. The fraction of sp³-hybridized carbons (Fsp3) is 0.250. The summed E-state index contributed by atoms with van der Waals surface area (Å²) in [7, 11) is 0. The number of halogens is 1. The zero-order valence-corrected chi connectivity index (χ0v) is 26.1. The molecule has 3 aromatic carbocycles. The highest BCUT2D eigenvalue weighted by molar-refractivity contribution is 8.26. The van der Waals surface area contributed by atoms with Crippen LogP contribution in [0, 0.1) is 0 Å². The van der Waals surface area contributed by atoms with E-state index >= 15 is 0 Å². The number of ether oxygens (including phenoxy) is 2. The standard InChI is InChI=1S/C32H30ClN3O6S2/c33-25-6-1-21(2-7-25)23-5-10-27(42-18-15-35-13-16-41-17-14-35)24(19-23)20-28-30(38)36(32(43)44-28)12-11-29(37)34-26-8-3-22(4-9-26)31(39)40/h1-10,19-20H,11-18H2,(H,34,37)(H,39,40)/b28-20-. The van der Waals surface area contributed by atoms with Crippen molar-refractivity contribution in [2.75, 3.05) is 51.3 Å². The number of morpholine rings is 1. The molecular formula is C32H30ClN3O6S2. The molecule has 2 amide bonds. The average Bonchev–Trinajstić information content (AvgIpc) is 3.29. The van der Waals surface area contributed by atoms with E-state index in [1.54, 1.807) is 6.08 Å². The van der Waals surface area contributed by atoms with Gasteiger partial charge in [0.05, 0.1) is 23.7 Å². The summed E-state index contributed by atoms with van der Waals surface area (Å²) in [5.74, 6) is -1.00. The molecule has 0 saturated carbocycles. The summed E-state index contributed by atoms with van der Waals surface area (Å²) in [5.41, 5.74) is 3.24. The summed E-state index contributed by atoms with van der Waals surface area (Å²) in [6.07, 6.45) is 1.80. The number of nitrogens with one attached hydrogen (secondary N) is 1. The molecular weight excluding hydrogens is 622 g/mol. The van der Waals surface area contributed by atoms with Crippen LogP contribution in [0.15, 0.2) is 71.6 Å². The minimum atomic E-state index is -1.05. The lowest BCUT2D eigenvalue weighted by molar-refractivity contribution is -0.122. The third-order valence-electron chi connectivity index (χ3n) is 7.09. The molecule has 44 heavy (non-hydrogen) atoms. The SMILES string of the molecule is O=C(CCN1C(=O)/C(=C/c2cc(-c3ccc(Cl)cc3)ccc2OCCN2CCOCC2)SC1=S)Nc1ccc(C(=O)O)cc1. The Bertz CT molecular complexity index is 1570. The number of benzene rings is 3. The maximum Gasteiger partial charge on any atom is 0.335 e. The molecule has 0 radical (unpaired) electrons. The van der Waals surface area contributed by atoms with Crippen molar-refractivity contribution in [3.8, 4) is 16.9 Å². The molecule has 228 valence electrons. The lowest BCUT2D eigenvalue weighted by Gasteiger charge is -2.26. The highest BCUT2D eigenvalue weighted by Crippen LogP contribution is 2.36. The number of amides is 2. The van der Waals surface area contributed by atoms with Crippen LogP contribution < -0.4 is 10.1 Å². The average molecular weight is 652 g/mol. The van der Waals surface area contributed by atoms with E-state index in [-0.39, 0.29) is 30.3 Å². The number of hydrogen-bond donors (Lipinski definition) is 2. The Morgan fingerprint density at radius 3 is 2.43 bits per heavy atom. The Morgan fingerprint density at radius 1 is 1.02 bits per heavy atom. The number of aromatic carboxylic acids is 1. The molecule has 5 rings (SSSR count). The first-order valence-electron chi connectivity index (χ1n) is 14.0. The summed E-state index contributed by atoms with van der Waals surface area (Å²) >= 11 is 12.8. The lowest BCUT2D eigenvalue weighted by atomic mass is 10.0. The van der Waals surface area contributed by atoms with Gasteiger partial charge in [-0.1, -0.05) is 53.8 Å². The lowest BCUT2D eigenvalue weighted by Crippen LogP contribution is -2.38. The maximum atomic E-state index is 13.4. The Balaban J connectivity index is 1.28. The van der Waals surface area contributed by atoms with Gasteiger partial charge in [0.15, 0.2) is 0 Å². The number of carbonyl (C=O) groups excluding carboxylic acids is 2. The molecule has 0 bridgehead atoms. The van der Waals surface area contributed by atoms with Gasteiger partial charge in [-0.25, -0.2) is 4.79 Å². The molecule has 2 fully saturated rings. The predicted octanol–water partition coefficient (Wildman–Crippen LogP) is 5.65. The first-order chi connectivity index (χ1) is 21.3. The van der Waals surface area contributed by atoms with Crippen LogP contribution in [0.4, 0.5) is 5.69 Å². The number of carboxylic acid groups (broad SMARTS) is 1. The molecule has 2 saturated heterocycles. The van der Waals surface area contributed by atoms with E-state index in [1.807, 2.05) is 42.5 Å². The van der Waals surface area contributed by atoms with Gasteiger partial charge < -0.3 is 19.9 Å². The summed E-state index contributed by atoms with van der Waals surface area (Å²) in [6.45, 7) is 4.50. The van der Waals surface area contributed by atoms with Crippen LogP contribution in [0.3, 0.4) is 0 Å². The zero-order valence-electron chi connectivity index (χ0n) is 23.7. The van der Waals surface area contributed by atoms with Crippen molar-refractivity contribution in [2.45, 2.75) is 6.42 Å². The summed E-state index contributed by atoms with van der Waals surface area (Å²) in [5, 5.41) is 12.4. The summed E-state index contributed by atoms with van der Waals surface area (Å²) in [6, 6.07) is 19.2. The number of thioether (sulfide) groups is 1. The number of hydrogen-bond acceptors (Lipinski definition) is 8. The van der Waals surface area contributed by atoms with Crippen molar-refractivity contribution in [3.63, 3.8) is 0 Å². The smallest absolute Gasteiger partial charge is 0.335 e. The predicted molar refractivity (Wildman–Crippen MR) is 176 cm³/mol. The Morgan fingerprint density at radius 2 is 1.73 bits per heavy atom. The van der Waals surface area contributed by atoms with E-state index < -0.39 is 5.97 Å². The third-order valence-corrected chi connectivity index (χ3v) is 8.72. The Kier molecular flexibility index (Phi) is 10.7. The van der Waals surface area contributed by atoms with Gasteiger partial charge in [-0.05, 0) is 65.7 Å². The van der Waals surface area contributed by atoms with Gasteiger partial charge in [0.25, 0.3) is 5.91 Å². The van der Waals surface area contributed by atoms with Crippen molar-refractivity contribution in [1.29, 1.82) is 0 Å². The van der Waals surface area contributed by atoms with Crippen LogP contribution in [0.5, 0.6) is 5.75 Å². The van der Waals surface area contributed by atoms with Gasteiger partial charge in [-0.3, -0.25) is 19.4 Å². The molecule has 3 aromatic rings. The Labute approximate surface area is 269 Å². The highest BCUT2D eigenvalue weighted by Gasteiger charge is 2.32. The molecule has 0 aromatic heterocycles. The van der Waals surface area contributed by atoms with E-state index in [1.165, 1.54) is 40.9 Å². The fourth-order valence-corrected chi connectivity index (χ4v) is 6.12. The maximum absolute atomic E-state index is 13.4. The fourth-order valence-electron chi connectivity index (χ4n) is 4.69. The largest absolute Gasteiger partial charge is 0.492 e. The minimum Gasteiger partial charge on any atom is -0.492 e. The van der Waals surface area contributed by atoms with Crippen LogP contribution in [0.1, 0.15) is 22.3 Å². The normalized spacial score (nSPS) is 16.4. The van der Waals surface area contributed by atoms with Gasteiger partial charge in [-0.2, -0.15) is 0 Å². The first-order valence-corrected chi connectivity index (χ1v) is 15.6. The van der Waals surface area contributed by atoms with Gasteiger partial charge in [0, 0.05) is 48.9 Å². The molecule has 9 nitrogen and oxygen atoms in total. The number of nitrogens with zero attached hydrogens (tertiary/aromatic N) is 2. The molecule has 2 aliphatic heterocycles. The van der Waals surface area contributed by atoms with Crippen LogP contribution in [0.25, 0.3) is 17.2 Å². The van der Waals surface area contributed by atoms with Crippen molar-refractivity contribution in [3.05, 3.63) is 87.8 Å². The second-order valence-corrected chi connectivity index (χ2v) is 12.2. The number of rotatable bonds is 11. The molecule has 0 atom stereocenters. The van der Waals surface area contributed by atoms with Gasteiger partial charge in [-0.15, -0.1) is 0 Å². The van der Waals surface area contributed by atoms with Crippen LogP contribution in [-0.4, -0.2) is 83.0 Å². The van der Waals surface area contributed by atoms with Crippen molar-refractivity contribution < 1.29 is 29.0 Å². The van der Waals surface area contributed by atoms with Gasteiger partial charge in [0.1, 0.15) is 16.7 Å². The molecule has 12 heteroatoms. The molecule has 2 N–H and O–H groups in total. The summed E-state index contributed by atoms with van der Waals surface area (Å²) < 4.78 is 12.0. The van der Waals surface area contributed by atoms with Crippen LogP contribution >= 0.6 is 35.6 Å². The van der Waals surface area contributed by atoms with Crippen molar-refractivity contribution in [2.24, 2.45) is 0 Å². The van der Waals surface area contributed by atoms with Crippen LogP contribution in [-0.2, 0) is 14.3 Å². The third kappa shape index (κ3) is 8.25. The number of anilines is 1. The second-order valence-electron chi connectivity index (χ2n) is 10.1. The second kappa shape index (κ2) is 14.8. The number of carboxylic acids is 1. The van der Waals surface area contributed by atoms with Gasteiger partial charge in [0.2, 0.25) is 5.91 Å². The summed E-state index contributed by atoms with van der Waals surface area (Å²) in [4.78, 5) is 41.2. The molecule has 0 unspecified atom stereocenters. The monoisotopic (exact) mass is 651 g/mol. The number of carbonyl (C=O) groups is 3. The van der Waals surface area contributed by atoms with E-state index in [2.05, 4.69) is 10.2 Å². The molecule has 2 heterocycles.